The van der Waals surface area contributed by atoms with Crippen molar-refractivity contribution in [1.82, 2.24) is 19.6 Å². The second-order valence-corrected chi connectivity index (χ2v) is 9.56. The third-order valence-corrected chi connectivity index (χ3v) is 7.02. The van der Waals surface area contributed by atoms with Gasteiger partial charge >= 0.3 is 6.03 Å². The zero-order valence-electron chi connectivity index (χ0n) is 19.4. The SMILES string of the molecule is COc1ccccc1-n1ccnc1[C@H](Cc1ccccc1)NC(=O)NS(=O)(=O)c1ccccc1C. The van der Waals surface area contributed by atoms with E-state index in [0.717, 1.165) is 11.3 Å². The predicted molar refractivity (Wildman–Crippen MR) is 133 cm³/mol. The van der Waals surface area contributed by atoms with Gasteiger partial charge in [0, 0.05) is 12.4 Å². The second kappa shape index (κ2) is 10.4. The monoisotopic (exact) mass is 490 g/mol. The molecule has 0 aliphatic carbocycles. The molecule has 0 radical (unpaired) electrons. The van der Waals surface area contributed by atoms with E-state index in [1.54, 1.807) is 44.6 Å². The third-order valence-electron chi connectivity index (χ3n) is 5.52. The second-order valence-electron chi connectivity index (χ2n) is 7.91. The van der Waals surface area contributed by atoms with Crippen LogP contribution in [0.1, 0.15) is 23.0 Å². The lowest BCUT2D eigenvalue weighted by Crippen LogP contribution is -2.42. The molecule has 180 valence electrons. The van der Waals surface area contributed by atoms with Crippen LogP contribution >= 0.6 is 0 Å². The number of nitrogens with one attached hydrogen (secondary N) is 2. The molecular weight excluding hydrogens is 464 g/mol. The van der Waals surface area contributed by atoms with Crippen LogP contribution in [-0.4, -0.2) is 31.1 Å². The lowest BCUT2D eigenvalue weighted by Gasteiger charge is -2.21. The van der Waals surface area contributed by atoms with E-state index in [1.165, 1.54) is 6.07 Å². The van der Waals surface area contributed by atoms with Crippen molar-refractivity contribution in [2.45, 2.75) is 24.3 Å². The Bertz CT molecular complexity index is 1420. The maximum atomic E-state index is 12.9. The van der Waals surface area contributed by atoms with Crippen LogP contribution in [0, 0.1) is 6.92 Å². The van der Waals surface area contributed by atoms with Crippen LogP contribution in [0.5, 0.6) is 5.75 Å². The number of urea groups is 1. The summed E-state index contributed by atoms with van der Waals surface area (Å²) in [4.78, 5) is 17.5. The molecule has 0 unspecified atom stereocenters. The number of benzene rings is 3. The van der Waals surface area contributed by atoms with Crippen LogP contribution in [-0.2, 0) is 16.4 Å². The molecule has 0 aliphatic rings. The molecule has 4 aromatic rings. The minimum absolute atomic E-state index is 0.0466. The minimum atomic E-state index is -4.06. The van der Waals surface area contributed by atoms with Crippen LogP contribution in [0.25, 0.3) is 5.69 Å². The molecule has 2 amide bonds. The first-order valence-electron chi connectivity index (χ1n) is 11.0. The van der Waals surface area contributed by atoms with E-state index in [4.69, 9.17) is 4.74 Å². The maximum absolute atomic E-state index is 12.9. The highest BCUT2D eigenvalue weighted by molar-refractivity contribution is 7.90. The summed E-state index contributed by atoms with van der Waals surface area (Å²) >= 11 is 0. The van der Waals surface area contributed by atoms with Gasteiger partial charge in [-0.3, -0.25) is 4.57 Å². The maximum Gasteiger partial charge on any atom is 0.329 e. The lowest BCUT2D eigenvalue weighted by molar-refractivity contribution is 0.241. The van der Waals surface area contributed by atoms with Gasteiger partial charge in [0.2, 0.25) is 0 Å². The minimum Gasteiger partial charge on any atom is -0.495 e. The fourth-order valence-corrected chi connectivity index (χ4v) is 5.05. The van der Waals surface area contributed by atoms with Crippen LogP contribution in [0.4, 0.5) is 4.79 Å². The molecule has 0 aliphatic heterocycles. The predicted octanol–water partition coefficient (Wildman–Crippen LogP) is 4.16. The Morgan fingerprint density at radius 1 is 1.00 bits per heavy atom. The fourth-order valence-electron chi connectivity index (χ4n) is 3.88. The molecule has 8 nitrogen and oxygen atoms in total. The number of methoxy groups -OCH3 is 1. The molecule has 3 aromatic carbocycles. The highest BCUT2D eigenvalue weighted by Gasteiger charge is 2.25. The molecule has 35 heavy (non-hydrogen) atoms. The number of carbonyl (C=O) groups excluding carboxylic acids is 1. The first-order valence-corrected chi connectivity index (χ1v) is 12.5. The number of ether oxygens (including phenoxy) is 1. The molecule has 0 saturated heterocycles. The fraction of sp³-hybridized carbons (Fsp3) is 0.154. The van der Waals surface area contributed by atoms with E-state index in [2.05, 4.69) is 15.0 Å². The van der Waals surface area contributed by atoms with Crippen molar-refractivity contribution in [1.29, 1.82) is 0 Å². The van der Waals surface area contributed by atoms with Gasteiger partial charge in [0.1, 0.15) is 11.6 Å². The molecule has 2 N–H and O–H groups in total. The molecule has 0 fully saturated rings. The number of aromatic nitrogens is 2. The Labute approximate surface area is 204 Å². The Morgan fingerprint density at radius 3 is 2.43 bits per heavy atom. The van der Waals surface area contributed by atoms with E-state index in [9.17, 15) is 13.2 Å². The zero-order valence-corrected chi connectivity index (χ0v) is 20.2. The Kier molecular flexibility index (Phi) is 7.17. The van der Waals surface area contributed by atoms with E-state index in [-0.39, 0.29) is 4.90 Å². The first kappa shape index (κ1) is 24.0. The number of rotatable bonds is 8. The van der Waals surface area contributed by atoms with Gasteiger partial charge in [-0.1, -0.05) is 60.7 Å². The average Bonchev–Trinajstić information content (AvgIpc) is 3.34. The summed E-state index contributed by atoms with van der Waals surface area (Å²) in [6.45, 7) is 1.68. The Balaban J connectivity index is 1.66. The van der Waals surface area contributed by atoms with Crippen LogP contribution in [0.3, 0.4) is 0 Å². The highest BCUT2D eigenvalue weighted by atomic mass is 32.2. The zero-order chi connectivity index (χ0) is 24.8. The topological polar surface area (TPSA) is 102 Å². The van der Waals surface area contributed by atoms with Crippen LogP contribution in [0.2, 0.25) is 0 Å². The van der Waals surface area contributed by atoms with Gasteiger partial charge in [-0.15, -0.1) is 0 Å². The smallest absolute Gasteiger partial charge is 0.329 e. The number of hydrogen-bond donors (Lipinski definition) is 2. The van der Waals surface area contributed by atoms with Crippen molar-refractivity contribution < 1.29 is 17.9 Å². The van der Waals surface area contributed by atoms with E-state index in [1.807, 2.05) is 59.2 Å². The Morgan fingerprint density at radius 2 is 1.69 bits per heavy atom. The number of hydrogen-bond acceptors (Lipinski definition) is 5. The molecule has 4 rings (SSSR count). The van der Waals surface area contributed by atoms with Crippen molar-refractivity contribution in [3.8, 4) is 11.4 Å². The van der Waals surface area contributed by atoms with Crippen LogP contribution < -0.4 is 14.8 Å². The highest BCUT2D eigenvalue weighted by Crippen LogP contribution is 2.27. The van der Waals surface area contributed by atoms with E-state index >= 15 is 0 Å². The largest absolute Gasteiger partial charge is 0.495 e. The van der Waals surface area contributed by atoms with Gasteiger partial charge in [0.25, 0.3) is 10.0 Å². The normalized spacial score (nSPS) is 12.1. The molecule has 0 bridgehead atoms. The number of aryl methyl sites for hydroxylation is 1. The molecular formula is C26H26N4O4S. The van der Waals surface area contributed by atoms with Gasteiger partial charge in [-0.05, 0) is 42.7 Å². The van der Waals surface area contributed by atoms with E-state index < -0.39 is 22.1 Å². The van der Waals surface area contributed by atoms with Gasteiger partial charge in [-0.2, -0.15) is 0 Å². The first-order chi connectivity index (χ1) is 16.9. The van der Waals surface area contributed by atoms with Crippen molar-refractivity contribution in [3.05, 3.63) is 108 Å². The summed E-state index contributed by atoms with van der Waals surface area (Å²) in [5, 5.41) is 2.81. The molecule has 1 heterocycles. The van der Waals surface area contributed by atoms with Gasteiger partial charge in [0.05, 0.1) is 23.7 Å². The van der Waals surface area contributed by atoms with E-state index in [0.29, 0.717) is 23.6 Å². The summed E-state index contributed by atoms with van der Waals surface area (Å²) in [5.74, 6) is 1.17. The van der Waals surface area contributed by atoms with Crippen molar-refractivity contribution in [2.75, 3.05) is 7.11 Å². The number of para-hydroxylation sites is 2. The lowest BCUT2D eigenvalue weighted by atomic mass is 10.1. The number of sulfonamides is 1. The summed E-state index contributed by atoms with van der Waals surface area (Å²) in [7, 11) is -2.48. The standard InChI is InChI=1S/C26H26N4O4S/c1-19-10-6-9-15-24(19)35(32,33)29-26(31)28-21(18-20-11-4-3-5-12-20)25-27-16-17-30(25)22-13-7-8-14-23(22)34-2/h3-17,21H,18H2,1-2H3,(H2,28,29,31)/t21-/m0/s1. The third kappa shape index (κ3) is 5.52. The molecule has 9 heteroatoms. The summed E-state index contributed by atoms with van der Waals surface area (Å²) < 4.78 is 35.2. The summed E-state index contributed by atoms with van der Waals surface area (Å²) in [5.41, 5.74) is 2.24. The van der Waals surface area contributed by atoms with Crippen molar-refractivity contribution in [3.63, 3.8) is 0 Å². The van der Waals surface area contributed by atoms with Crippen molar-refractivity contribution >= 4 is 16.1 Å². The summed E-state index contributed by atoms with van der Waals surface area (Å²) in [6, 6.07) is 22.1. The molecule has 1 aromatic heterocycles. The number of carbonyl (C=O) groups is 1. The summed E-state index contributed by atoms with van der Waals surface area (Å²) in [6.07, 6.45) is 3.79. The Hall–Kier alpha value is -4.11. The molecule has 0 spiro atoms. The van der Waals surface area contributed by atoms with Gasteiger partial charge in [-0.25, -0.2) is 22.9 Å². The van der Waals surface area contributed by atoms with Crippen molar-refractivity contribution in [2.24, 2.45) is 0 Å². The number of amides is 2. The average molecular weight is 491 g/mol. The molecule has 0 saturated carbocycles. The quantitative estimate of drug-likeness (QED) is 0.386. The number of imidazole rings is 1. The number of nitrogens with zero attached hydrogens (tertiary/aromatic N) is 2. The van der Waals surface area contributed by atoms with Gasteiger partial charge < -0.3 is 10.1 Å². The molecule has 1 atom stereocenters. The van der Waals surface area contributed by atoms with Crippen LogP contribution in [0.15, 0.2) is 96.2 Å². The van der Waals surface area contributed by atoms with Gasteiger partial charge in [0.15, 0.2) is 0 Å².